The quantitative estimate of drug-likeness (QED) is 0.747. The highest BCUT2D eigenvalue weighted by atomic mass is 16.5. The number of hydrogen-bond acceptors (Lipinski definition) is 7. The van der Waals surface area contributed by atoms with Gasteiger partial charge in [-0.25, -0.2) is 4.98 Å². The second-order valence-corrected chi connectivity index (χ2v) is 7.57. The van der Waals surface area contributed by atoms with Crippen LogP contribution in [0.5, 0.6) is 0 Å². The lowest BCUT2D eigenvalue weighted by Crippen LogP contribution is -2.40. The van der Waals surface area contributed by atoms with Crippen LogP contribution in [0.2, 0.25) is 0 Å². The van der Waals surface area contributed by atoms with Crippen molar-refractivity contribution < 1.29 is 14.6 Å². The summed E-state index contributed by atoms with van der Waals surface area (Å²) in [6, 6.07) is 4.04. The summed E-state index contributed by atoms with van der Waals surface area (Å²) in [6.45, 7) is 7.94. The minimum absolute atomic E-state index is 0.0973. The molecule has 2 aromatic rings. The zero-order valence-corrected chi connectivity index (χ0v) is 16.6. The van der Waals surface area contributed by atoms with E-state index in [-0.39, 0.29) is 6.04 Å². The van der Waals surface area contributed by atoms with Crippen molar-refractivity contribution in [2.45, 2.75) is 38.6 Å². The molecular formula is C20H27N5O3. The standard InChI is InChI=1S/C20H27N5O3/c1-14(11-15-5-4-6-21-12-15)23-19-22-13-16(20(2,3)18(26)27)17(24-19)25-7-9-28-10-8-25/h4-6,12-14H,7-11H2,1-3H3,(H,26,27)(H,22,23,24). The lowest BCUT2D eigenvalue weighted by Gasteiger charge is -2.32. The van der Waals surface area contributed by atoms with Crippen LogP contribution >= 0.6 is 0 Å². The molecule has 1 atom stereocenters. The van der Waals surface area contributed by atoms with Gasteiger partial charge in [0.05, 0.1) is 18.6 Å². The molecule has 0 saturated carbocycles. The van der Waals surface area contributed by atoms with Gasteiger partial charge in [0.15, 0.2) is 0 Å². The number of carbonyl (C=O) groups is 1. The Balaban J connectivity index is 1.85. The van der Waals surface area contributed by atoms with Gasteiger partial charge >= 0.3 is 5.97 Å². The molecule has 28 heavy (non-hydrogen) atoms. The topological polar surface area (TPSA) is 100 Å². The zero-order valence-electron chi connectivity index (χ0n) is 16.6. The van der Waals surface area contributed by atoms with Crippen LogP contribution in [0.4, 0.5) is 11.8 Å². The number of nitrogens with one attached hydrogen (secondary N) is 1. The third-order valence-corrected chi connectivity index (χ3v) is 4.93. The van der Waals surface area contributed by atoms with E-state index in [0.29, 0.717) is 43.6 Å². The molecule has 8 nitrogen and oxygen atoms in total. The van der Waals surface area contributed by atoms with Crippen molar-refractivity contribution in [3.63, 3.8) is 0 Å². The molecule has 0 bridgehead atoms. The van der Waals surface area contributed by atoms with Gasteiger partial charge in [-0.3, -0.25) is 9.78 Å². The fourth-order valence-corrected chi connectivity index (χ4v) is 3.16. The number of rotatable bonds is 7. The molecule has 1 saturated heterocycles. The molecule has 2 aromatic heterocycles. The van der Waals surface area contributed by atoms with E-state index in [2.05, 4.69) is 27.1 Å². The minimum Gasteiger partial charge on any atom is -0.481 e. The number of aromatic nitrogens is 3. The number of anilines is 2. The first-order chi connectivity index (χ1) is 13.4. The van der Waals surface area contributed by atoms with E-state index in [1.54, 1.807) is 26.2 Å². The van der Waals surface area contributed by atoms with Crippen molar-refractivity contribution in [1.82, 2.24) is 15.0 Å². The summed E-state index contributed by atoms with van der Waals surface area (Å²) in [5.74, 6) is 0.237. The Bertz CT molecular complexity index is 807. The van der Waals surface area contributed by atoms with E-state index in [1.165, 1.54) is 0 Å². The van der Waals surface area contributed by atoms with Crippen molar-refractivity contribution >= 4 is 17.7 Å². The molecular weight excluding hydrogens is 358 g/mol. The minimum atomic E-state index is -1.09. The molecule has 1 aliphatic heterocycles. The van der Waals surface area contributed by atoms with Crippen molar-refractivity contribution in [2.24, 2.45) is 0 Å². The third kappa shape index (κ3) is 4.56. The Morgan fingerprint density at radius 2 is 2.11 bits per heavy atom. The van der Waals surface area contributed by atoms with E-state index < -0.39 is 11.4 Å². The maximum absolute atomic E-state index is 11.8. The maximum atomic E-state index is 11.8. The Morgan fingerprint density at radius 3 is 2.75 bits per heavy atom. The summed E-state index contributed by atoms with van der Waals surface area (Å²) in [5.41, 5.74) is 0.639. The first-order valence-corrected chi connectivity index (χ1v) is 9.47. The van der Waals surface area contributed by atoms with Crippen LogP contribution in [0.15, 0.2) is 30.7 Å². The smallest absolute Gasteiger partial charge is 0.313 e. The highest BCUT2D eigenvalue weighted by Crippen LogP contribution is 2.32. The maximum Gasteiger partial charge on any atom is 0.313 e. The number of morpholine rings is 1. The SMILES string of the molecule is CC(Cc1cccnc1)Nc1ncc(C(C)(C)C(=O)O)c(N2CCOCC2)n1. The first kappa shape index (κ1) is 20.0. The summed E-state index contributed by atoms with van der Waals surface area (Å²) < 4.78 is 5.43. The Labute approximate surface area is 165 Å². The molecule has 1 fully saturated rings. The van der Waals surface area contributed by atoms with Gasteiger partial charge in [0.25, 0.3) is 0 Å². The lowest BCUT2D eigenvalue weighted by molar-refractivity contribution is -0.142. The fraction of sp³-hybridized carbons (Fsp3) is 0.500. The van der Waals surface area contributed by atoms with Crippen molar-refractivity contribution in [3.05, 3.63) is 41.9 Å². The van der Waals surface area contributed by atoms with Crippen LogP contribution in [-0.4, -0.2) is 58.4 Å². The van der Waals surface area contributed by atoms with Gasteiger partial charge in [-0.1, -0.05) is 6.07 Å². The summed E-state index contributed by atoms with van der Waals surface area (Å²) in [7, 11) is 0. The van der Waals surface area contributed by atoms with E-state index in [1.807, 2.05) is 18.3 Å². The summed E-state index contributed by atoms with van der Waals surface area (Å²) in [5, 5.41) is 13.0. The van der Waals surface area contributed by atoms with Gasteiger partial charge in [0.1, 0.15) is 5.82 Å². The Morgan fingerprint density at radius 1 is 1.36 bits per heavy atom. The number of carboxylic acids is 1. The molecule has 3 rings (SSSR count). The fourth-order valence-electron chi connectivity index (χ4n) is 3.16. The average molecular weight is 385 g/mol. The summed E-state index contributed by atoms with van der Waals surface area (Å²) in [6.07, 6.45) is 6.01. The van der Waals surface area contributed by atoms with Crippen LogP contribution in [0.3, 0.4) is 0 Å². The van der Waals surface area contributed by atoms with Crippen LogP contribution in [-0.2, 0) is 21.4 Å². The molecule has 0 radical (unpaired) electrons. The van der Waals surface area contributed by atoms with Gasteiger partial charge in [0.2, 0.25) is 5.95 Å². The predicted molar refractivity (Wildman–Crippen MR) is 107 cm³/mol. The van der Waals surface area contributed by atoms with Gasteiger partial charge < -0.3 is 20.1 Å². The number of aliphatic carboxylic acids is 1. The molecule has 1 aliphatic rings. The number of carboxylic acid groups (broad SMARTS) is 1. The second-order valence-electron chi connectivity index (χ2n) is 7.57. The van der Waals surface area contributed by atoms with Gasteiger partial charge in [-0.05, 0) is 38.8 Å². The highest BCUT2D eigenvalue weighted by Gasteiger charge is 2.35. The number of hydrogen-bond donors (Lipinski definition) is 2. The summed E-state index contributed by atoms with van der Waals surface area (Å²) in [4.78, 5) is 27.1. The van der Waals surface area contributed by atoms with Crippen molar-refractivity contribution in [3.8, 4) is 0 Å². The number of pyridine rings is 1. The zero-order chi connectivity index (χ0) is 20.1. The van der Waals surface area contributed by atoms with Gasteiger partial charge in [0, 0.05) is 43.3 Å². The van der Waals surface area contributed by atoms with E-state index in [4.69, 9.17) is 9.72 Å². The molecule has 8 heteroatoms. The largest absolute Gasteiger partial charge is 0.481 e. The van der Waals surface area contributed by atoms with Gasteiger partial charge in [-0.2, -0.15) is 4.98 Å². The Kier molecular flexibility index (Phi) is 6.08. The van der Waals surface area contributed by atoms with Crippen molar-refractivity contribution in [1.29, 1.82) is 0 Å². The molecule has 0 aliphatic carbocycles. The normalized spacial score (nSPS) is 15.9. The van der Waals surface area contributed by atoms with E-state index in [9.17, 15) is 9.90 Å². The summed E-state index contributed by atoms with van der Waals surface area (Å²) >= 11 is 0. The molecule has 0 amide bonds. The second kappa shape index (κ2) is 8.52. The molecule has 0 aromatic carbocycles. The molecule has 3 heterocycles. The Hall–Kier alpha value is -2.74. The average Bonchev–Trinajstić information content (AvgIpc) is 2.69. The van der Waals surface area contributed by atoms with Crippen LogP contribution in [0.25, 0.3) is 0 Å². The molecule has 2 N–H and O–H groups in total. The number of ether oxygens (including phenoxy) is 1. The van der Waals surface area contributed by atoms with E-state index >= 15 is 0 Å². The van der Waals surface area contributed by atoms with E-state index in [0.717, 1.165) is 12.0 Å². The molecule has 150 valence electrons. The van der Waals surface area contributed by atoms with Crippen LogP contribution < -0.4 is 10.2 Å². The lowest BCUT2D eigenvalue weighted by atomic mass is 9.85. The number of nitrogens with zero attached hydrogens (tertiary/aromatic N) is 4. The molecule has 1 unspecified atom stereocenters. The van der Waals surface area contributed by atoms with Crippen molar-refractivity contribution in [2.75, 3.05) is 36.5 Å². The van der Waals surface area contributed by atoms with Crippen LogP contribution in [0, 0.1) is 0 Å². The third-order valence-electron chi connectivity index (χ3n) is 4.93. The highest BCUT2D eigenvalue weighted by molar-refractivity contribution is 5.82. The molecule has 0 spiro atoms. The monoisotopic (exact) mass is 385 g/mol. The van der Waals surface area contributed by atoms with Gasteiger partial charge in [-0.15, -0.1) is 0 Å². The first-order valence-electron chi connectivity index (χ1n) is 9.47. The van der Waals surface area contributed by atoms with Crippen LogP contribution in [0.1, 0.15) is 31.9 Å². The predicted octanol–water partition coefficient (Wildman–Crippen LogP) is 2.11.